The van der Waals surface area contributed by atoms with E-state index in [9.17, 15) is 9.59 Å². The highest BCUT2D eigenvalue weighted by Gasteiger charge is 2.42. The van der Waals surface area contributed by atoms with Crippen LogP contribution < -0.4 is 4.90 Å². The molecule has 28 heavy (non-hydrogen) atoms. The van der Waals surface area contributed by atoms with Crippen molar-refractivity contribution >= 4 is 46.3 Å². The second-order valence-electron chi connectivity index (χ2n) is 6.76. The molecule has 144 valence electrons. The van der Waals surface area contributed by atoms with Crippen molar-refractivity contribution in [2.75, 3.05) is 31.2 Å². The van der Waals surface area contributed by atoms with Gasteiger partial charge in [0, 0.05) is 23.1 Å². The van der Waals surface area contributed by atoms with Gasteiger partial charge in [-0.15, -0.1) is 0 Å². The maximum absolute atomic E-state index is 13.4. The van der Waals surface area contributed by atoms with Crippen LogP contribution in [0.3, 0.4) is 0 Å². The van der Waals surface area contributed by atoms with Gasteiger partial charge >= 0.3 is 0 Å². The summed E-state index contributed by atoms with van der Waals surface area (Å²) in [5, 5.41) is 0.722. The molecular formula is C21H18Cl2N2O3. The normalized spacial score (nSPS) is 17.7. The number of carbonyl (C=O) groups excluding carboxylic acids is 2. The lowest BCUT2D eigenvalue weighted by Gasteiger charge is -2.29. The first-order chi connectivity index (χ1) is 13.5. The largest absolute Gasteiger partial charge is 0.378 e. The van der Waals surface area contributed by atoms with Crippen LogP contribution in [-0.2, 0) is 14.3 Å². The Bertz CT molecular complexity index is 959. The third-order valence-corrected chi connectivity index (χ3v) is 5.27. The Labute approximate surface area is 173 Å². The molecule has 2 amide bonds. The molecule has 2 aromatic carbocycles. The van der Waals surface area contributed by atoms with Gasteiger partial charge < -0.3 is 9.64 Å². The number of rotatable bonds is 3. The zero-order valence-electron chi connectivity index (χ0n) is 15.2. The number of morpholine rings is 1. The SMILES string of the molecule is Cc1ccc(C2=C(N3CCOCC3)C(=O)N(c3cc(Cl)cc(Cl)c3)C2=O)cc1. The number of halogens is 2. The number of carbonyl (C=O) groups is 2. The lowest BCUT2D eigenvalue weighted by molar-refractivity contribution is -0.121. The molecule has 4 rings (SSSR count). The fourth-order valence-corrected chi connectivity index (χ4v) is 4.00. The Morgan fingerprint density at radius 3 is 2.11 bits per heavy atom. The molecule has 7 heteroatoms. The summed E-state index contributed by atoms with van der Waals surface area (Å²) < 4.78 is 5.41. The smallest absolute Gasteiger partial charge is 0.282 e. The number of aryl methyl sites for hydroxylation is 1. The van der Waals surface area contributed by atoms with Crippen LogP contribution in [0.2, 0.25) is 10.0 Å². The zero-order chi connectivity index (χ0) is 19.8. The Hall–Kier alpha value is -2.34. The maximum Gasteiger partial charge on any atom is 0.282 e. The summed E-state index contributed by atoms with van der Waals surface area (Å²) in [5.74, 6) is -0.755. The van der Waals surface area contributed by atoms with E-state index < -0.39 is 0 Å². The molecule has 0 bridgehead atoms. The Kier molecular flexibility index (Phi) is 5.15. The van der Waals surface area contributed by atoms with Gasteiger partial charge in [-0.3, -0.25) is 9.59 Å². The van der Waals surface area contributed by atoms with Gasteiger partial charge in [-0.05, 0) is 30.7 Å². The summed E-state index contributed by atoms with van der Waals surface area (Å²) in [6.45, 7) is 4.09. The van der Waals surface area contributed by atoms with E-state index in [1.807, 2.05) is 36.1 Å². The van der Waals surface area contributed by atoms with E-state index in [1.165, 1.54) is 0 Å². The van der Waals surface area contributed by atoms with Crippen molar-refractivity contribution in [2.45, 2.75) is 6.92 Å². The fraction of sp³-hybridized carbons (Fsp3) is 0.238. The summed E-state index contributed by atoms with van der Waals surface area (Å²) in [6, 6.07) is 12.3. The quantitative estimate of drug-likeness (QED) is 0.711. The van der Waals surface area contributed by atoms with E-state index in [4.69, 9.17) is 27.9 Å². The first-order valence-corrected chi connectivity index (χ1v) is 9.70. The molecule has 2 heterocycles. The first-order valence-electron chi connectivity index (χ1n) is 8.94. The molecule has 2 aliphatic rings. The van der Waals surface area contributed by atoms with E-state index in [0.717, 1.165) is 10.5 Å². The van der Waals surface area contributed by atoms with E-state index >= 15 is 0 Å². The second-order valence-corrected chi connectivity index (χ2v) is 7.64. The van der Waals surface area contributed by atoms with Gasteiger partial charge in [-0.1, -0.05) is 53.0 Å². The van der Waals surface area contributed by atoms with Crippen LogP contribution in [0.5, 0.6) is 0 Å². The van der Waals surface area contributed by atoms with E-state index in [-0.39, 0.29) is 11.8 Å². The number of anilines is 1. The standard InChI is InChI=1S/C21H18Cl2N2O3/c1-13-2-4-14(5-3-13)18-19(24-6-8-28-9-7-24)21(27)25(20(18)26)17-11-15(22)10-16(23)12-17/h2-5,10-12H,6-9H2,1H3. The van der Waals surface area contributed by atoms with Crippen molar-refractivity contribution in [3.05, 3.63) is 69.3 Å². The number of hydrogen-bond donors (Lipinski definition) is 0. The molecule has 0 aliphatic carbocycles. The van der Waals surface area contributed by atoms with Crippen LogP contribution in [0.1, 0.15) is 11.1 Å². The van der Waals surface area contributed by atoms with Gasteiger partial charge in [0.1, 0.15) is 5.70 Å². The molecule has 0 spiro atoms. The van der Waals surface area contributed by atoms with Crippen molar-refractivity contribution < 1.29 is 14.3 Å². The lowest BCUT2D eigenvalue weighted by atomic mass is 10.0. The summed E-state index contributed by atoms with van der Waals surface area (Å²) in [4.78, 5) is 29.8. The minimum atomic E-state index is -0.381. The van der Waals surface area contributed by atoms with E-state index in [2.05, 4.69) is 0 Å². The van der Waals surface area contributed by atoms with Gasteiger partial charge in [0.25, 0.3) is 11.8 Å². The number of hydrogen-bond acceptors (Lipinski definition) is 4. The average molecular weight is 417 g/mol. The summed E-state index contributed by atoms with van der Waals surface area (Å²) in [5.41, 5.74) is 2.94. The van der Waals surface area contributed by atoms with Crippen LogP contribution >= 0.6 is 23.2 Å². The molecule has 0 atom stereocenters. The molecule has 2 aromatic rings. The summed E-state index contributed by atoms with van der Waals surface area (Å²) in [7, 11) is 0. The zero-order valence-corrected chi connectivity index (χ0v) is 16.8. The van der Waals surface area contributed by atoms with Crippen molar-refractivity contribution in [2.24, 2.45) is 0 Å². The number of amides is 2. The summed E-state index contributed by atoms with van der Waals surface area (Å²) in [6.07, 6.45) is 0. The highest BCUT2D eigenvalue weighted by molar-refractivity contribution is 6.46. The van der Waals surface area contributed by atoms with E-state index in [0.29, 0.717) is 58.9 Å². The third kappa shape index (κ3) is 3.41. The Morgan fingerprint density at radius 2 is 1.50 bits per heavy atom. The van der Waals surface area contributed by atoms with Crippen LogP contribution in [0.25, 0.3) is 5.57 Å². The highest BCUT2D eigenvalue weighted by Crippen LogP contribution is 2.37. The molecule has 0 unspecified atom stereocenters. The van der Waals surface area contributed by atoms with Crippen LogP contribution in [0, 0.1) is 6.92 Å². The van der Waals surface area contributed by atoms with Crippen molar-refractivity contribution in [3.8, 4) is 0 Å². The molecule has 5 nitrogen and oxygen atoms in total. The van der Waals surface area contributed by atoms with E-state index in [1.54, 1.807) is 18.2 Å². The Morgan fingerprint density at radius 1 is 0.893 bits per heavy atom. The number of ether oxygens (including phenoxy) is 1. The first kappa shape index (κ1) is 19.0. The Balaban J connectivity index is 1.84. The van der Waals surface area contributed by atoms with Crippen LogP contribution in [0.4, 0.5) is 5.69 Å². The van der Waals surface area contributed by atoms with Gasteiger partial charge in [0.2, 0.25) is 0 Å². The second kappa shape index (κ2) is 7.59. The minimum Gasteiger partial charge on any atom is -0.378 e. The van der Waals surface area contributed by atoms with Crippen molar-refractivity contribution in [3.63, 3.8) is 0 Å². The number of benzene rings is 2. The minimum absolute atomic E-state index is 0.361. The van der Waals surface area contributed by atoms with Gasteiger partial charge in [-0.2, -0.15) is 0 Å². The van der Waals surface area contributed by atoms with Gasteiger partial charge in [-0.25, -0.2) is 4.90 Å². The predicted octanol–water partition coefficient (Wildman–Crippen LogP) is 3.92. The average Bonchev–Trinajstić information content (AvgIpc) is 2.93. The molecule has 1 fully saturated rings. The molecular weight excluding hydrogens is 399 g/mol. The van der Waals surface area contributed by atoms with Crippen molar-refractivity contribution in [1.82, 2.24) is 4.90 Å². The van der Waals surface area contributed by atoms with Crippen LogP contribution in [0.15, 0.2) is 48.2 Å². The third-order valence-electron chi connectivity index (χ3n) is 4.83. The molecule has 0 aromatic heterocycles. The molecule has 0 radical (unpaired) electrons. The number of nitrogens with zero attached hydrogens (tertiary/aromatic N) is 2. The molecule has 0 saturated carbocycles. The monoisotopic (exact) mass is 416 g/mol. The van der Waals surface area contributed by atoms with Gasteiger partial charge in [0.15, 0.2) is 0 Å². The maximum atomic E-state index is 13.4. The highest BCUT2D eigenvalue weighted by atomic mass is 35.5. The lowest BCUT2D eigenvalue weighted by Crippen LogP contribution is -2.40. The molecule has 2 aliphatic heterocycles. The topological polar surface area (TPSA) is 49.9 Å². The summed E-state index contributed by atoms with van der Waals surface area (Å²) >= 11 is 12.2. The van der Waals surface area contributed by atoms with Crippen molar-refractivity contribution in [1.29, 1.82) is 0 Å². The molecule has 1 saturated heterocycles. The molecule has 0 N–H and O–H groups in total. The number of imide groups is 1. The van der Waals surface area contributed by atoms with Gasteiger partial charge in [0.05, 0.1) is 24.5 Å². The van der Waals surface area contributed by atoms with Crippen LogP contribution in [-0.4, -0.2) is 43.0 Å². The fourth-order valence-electron chi connectivity index (χ4n) is 3.48. The predicted molar refractivity (Wildman–Crippen MR) is 109 cm³/mol.